The van der Waals surface area contributed by atoms with Crippen molar-refractivity contribution >= 4 is 5.95 Å². The van der Waals surface area contributed by atoms with Gasteiger partial charge in [-0.2, -0.15) is 4.68 Å². The van der Waals surface area contributed by atoms with Crippen molar-refractivity contribution in [2.24, 2.45) is 5.73 Å². The lowest BCUT2D eigenvalue weighted by Crippen LogP contribution is -2.38. The fraction of sp³-hybridized carbons (Fsp3) is 0.417. The molecule has 1 saturated heterocycles. The topological polar surface area (TPSA) is 72.9 Å². The number of tetrazole rings is 1. The molecular weight excluding hydrogens is 228 g/mol. The van der Waals surface area contributed by atoms with E-state index in [-0.39, 0.29) is 12.1 Å². The Morgan fingerprint density at radius 1 is 1.28 bits per heavy atom. The second-order valence-electron chi connectivity index (χ2n) is 4.61. The largest absolute Gasteiger partial charge is 0.335 e. The number of para-hydroxylation sites is 1. The van der Waals surface area contributed by atoms with Gasteiger partial charge in [0.2, 0.25) is 0 Å². The fourth-order valence-corrected chi connectivity index (χ4v) is 2.34. The van der Waals surface area contributed by atoms with Crippen LogP contribution in [-0.4, -0.2) is 38.8 Å². The van der Waals surface area contributed by atoms with E-state index < -0.39 is 0 Å². The maximum absolute atomic E-state index is 6.04. The predicted molar refractivity (Wildman–Crippen MR) is 68.6 cm³/mol. The van der Waals surface area contributed by atoms with Crippen molar-refractivity contribution in [3.05, 3.63) is 30.3 Å². The average molecular weight is 244 g/mol. The standard InChI is InChI=1S/C12H16N6/c1-9-11(13)7-8-17(9)12-14-15-16-18(12)10-5-3-2-4-6-10/h2-6,9,11H,7-8,13H2,1H3. The third-order valence-electron chi connectivity index (χ3n) is 3.53. The maximum Gasteiger partial charge on any atom is 0.250 e. The summed E-state index contributed by atoms with van der Waals surface area (Å²) in [5.74, 6) is 0.765. The molecule has 2 aromatic rings. The molecule has 1 aliphatic rings. The zero-order valence-corrected chi connectivity index (χ0v) is 10.3. The monoisotopic (exact) mass is 244 g/mol. The summed E-state index contributed by atoms with van der Waals surface area (Å²) < 4.78 is 1.76. The number of rotatable bonds is 2. The van der Waals surface area contributed by atoms with Crippen molar-refractivity contribution in [2.75, 3.05) is 11.4 Å². The molecule has 2 heterocycles. The van der Waals surface area contributed by atoms with E-state index in [1.54, 1.807) is 4.68 Å². The lowest BCUT2D eigenvalue weighted by molar-refractivity contribution is 0.614. The van der Waals surface area contributed by atoms with Gasteiger partial charge in [-0.15, -0.1) is 0 Å². The van der Waals surface area contributed by atoms with E-state index in [1.165, 1.54) is 0 Å². The Morgan fingerprint density at radius 3 is 2.72 bits per heavy atom. The number of nitrogens with zero attached hydrogens (tertiary/aromatic N) is 5. The van der Waals surface area contributed by atoms with Crippen molar-refractivity contribution in [2.45, 2.75) is 25.4 Å². The minimum Gasteiger partial charge on any atom is -0.335 e. The van der Waals surface area contributed by atoms with Gasteiger partial charge >= 0.3 is 0 Å². The molecular formula is C12H16N6. The highest BCUT2D eigenvalue weighted by molar-refractivity contribution is 5.42. The molecule has 0 bridgehead atoms. The van der Waals surface area contributed by atoms with Crippen molar-refractivity contribution < 1.29 is 0 Å². The predicted octanol–water partition coefficient (Wildman–Crippen LogP) is 0.588. The zero-order chi connectivity index (χ0) is 12.5. The van der Waals surface area contributed by atoms with Gasteiger partial charge < -0.3 is 10.6 Å². The van der Waals surface area contributed by atoms with E-state index in [9.17, 15) is 0 Å². The first-order valence-corrected chi connectivity index (χ1v) is 6.13. The van der Waals surface area contributed by atoms with Crippen molar-refractivity contribution in [1.29, 1.82) is 0 Å². The summed E-state index contributed by atoms with van der Waals surface area (Å²) in [5.41, 5.74) is 7.01. The molecule has 1 fully saturated rings. The number of aromatic nitrogens is 4. The van der Waals surface area contributed by atoms with Gasteiger partial charge in [0.25, 0.3) is 5.95 Å². The quantitative estimate of drug-likeness (QED) is 0.837. The molecule has 2 unspecified atom stereocenters. The molecule has 2 N–H and O–H groups in total. The van der Waals surface area contributed by atoms with Gasteiger partial charge in [0, 0.05) is 18.6 Å². The molecule has 6 nitrogen and oxygen atoms in total. The Labute approximate surface area is 105 Å². The average Bonchev–Trinajstić information content (AvgIpc) is 2.99. The second-order valence-corrected chi connectivity index (χ2v) is 4.61. The number of anilines is 1. The van der Waals surface area contributed by atoms with Gasteiger partial charge in [-0.25, -0.2) is 0 Å². The summed E-state index contributed by atoms with van der Waals surface area (Å²) in [6.45, 7) is 3.01. The second kappa shape index (κ2) is 4.38. The van der Waals surface area contributed by atoms with E-state index in [1.807, 2.05) is 30.3 Å². The van der Waals surface area contributed by atoms with Crippen LogP contribution in [0.3, 0.4) is 0 Å². The minimum atomic E-state index is 0.186. The van der Waals surface area contributed by atoms with Crippen LogP contribution >= 0.6 is 0 Å². The van der Waals surface area contributed by atoms with E-state index >= 15 is 0 Å². The van der Waals surface area contributed by atoms with Gasteiger partial charge in [0.1, 0.15) is 0 Å². The van der Waals surface area contributed by atoms with E-state index in [0.29, 0.717) is 0 Å². The normalized spacial score (nSPS) is 23.6. The summed E-state index contributed by atoms with van der Waals surface area (Å²) in [6, 6.07) is 10.3. The Hall–Kier alpha value is -1.95. The molecule has 0 aliphatic carbocycles. The van der Waals surface area contributed by atoms with Crippen LogP contribution in [0.4, 0.5) is 5.95 Å². The lowest BCUT2D eigenvalue weighted by atomic mass is 10.2. The molecule has 18 heavy (non-hydrogen) atoms. The van der Waals surface area contributed by atoms with Gasteiger partial charge in [-0.1, -0.05) is 23.3 Å². The van der Waals surface area contributed by atoms with Crippen molar-refractivity contribution in [1.82, 2.24) is 20.2 Å². The van der Waals surface area contributed by atoms with Crippen molar-refractivity contribution in [3.8, 4) is 5.69 Å². The van der Waals surface area contributed by atoms with Gasteiger partial charge in [0.05, 0.1) is 5.69 Å². The van der Waals surface area contributed by atoms with E-state index in [2.05, 4.69) is 27.3 Å². The number of hydrogen-bond donors (Lipinski definition) is 1. The molecule has 2 atom stereocenters. The van der Waals surface area contributed by atoms with Gasteiger partial charge in [-0.05, 0) is 35.9 Å². The molecule has 0 amide bonds. The first kappa shape index (κ1) is 11.2. The number of nitrogens with two attached hydrogens (primary N) is 1. The van der Waals surface area contributed by atoms with Crippen LogP contribution in [0.1, 0.15) is 13.3 Å². The zero-order valence-electron chi connectivity index (χ0n) is 10.3. The molecule has 6 heteroatoms. The third-order valence-corrected chi connectivity index (χ3v) is 3.53. The molecule has 1 aliphatic heterocycles. The number of hydrogen-bond acceptors (Lipinski definition) is 5. The van der Waals surface area contributed by atoms with Crippen LogP contribution in [0.15, 0.2) is 30.3 Å². The van der Waals surface area contributed by atoms with E-state index in [4.69, 9.17) is 5.73 Å². The summed E-state index contributed by atoms with van der Waals surface area (Å²) in [4.78, 5) is 2.16. The fourth-order valence-electron chi connectivity index (χ4n) is 2.34. The Kier molecular flexibility index (Phi) is 2.71. The SMILES string of the molecule is CC1C(N)CCN1c1nnnn1-c1ccccc1. The summed E-state index contributed by atoms with van der Waals surface area (Å²) >= 11 is 0. The Bertz CT molecular complexity index is 522. The first-order valence-electron chi connectivity index (χ1n) is 6.13. The summed E-state index contributed by atoms with van der Waals surface area (Å²) in [5, 5.41) is 12.0. The smallest absolute Gasteiger partial charge is 0.250 e. The van der Waals surface area contributed by atoms with Gasteiger partial charge in [-0.3, -0.25) is 0 Å². The molecule has 94 valence electrons. The van der Waals surface area contributed by atoms with Crippen LogP contribution in [0.2, 0.25) is 0 Å². The molecule has 3 rings (SSSR count). The number of benzene rings is 1. The molecule has 0 saturated carbocycles. The van der Waals surface area contributed by atoms with E-state index in [0.717, 1.165) is 24.6 Å². The third kappa shape index (κ3) is 1.74. The van der Waals surface area contributed by atoms with Crippen LogP contribution in [-0.2, 0) is 0 Å². The lowest BCUT2D eigenvalue weighted by Gasteiger charge is -2.23. The van der Waals surface area contributed by atoms with Crippen molar-refractivity contribution in [3.63, 3.8) is 0 Å². The Morgan fingerprint density at radius 2 is 2.06 bits per heavy atom. The summed E-state index contributed by atoms with van der Waals surface area (Å²) in [7, 11) is 0. The highest BCUT2D eigenvalue weighted by Crippen LogP contribution is 2.23. The maximum atomic E-state index is 6.04. The highest BCUT2D eigenvalue weighted by Gasteiger charge is 2.31. The minimum absolute atomic E-state index is 0.186. The summed E-state index contributed by atoms with van der Waals surface area (Å²) in [6.07, 6.45) is 0.975. The van der Waals surface area contributed by atoms with Crippen LogP contribution in [0.5, 0.6) is 0 Å². The molecule has 1 aromatic heterocycles. The molecule has 0 spiro atoms. The van der Waals surface area contributed by atoms with Crippen LogP contribution in [0, 0.1) is 0 Å². The highest BCUT2D eigenvalue weighted by atomic mass is 15.6. The first-order chi connectivity index (χ1) is 8.77. The molecule has 1 aromatic carbocycles. The molecule has 0 radical (unpaired) electrons. The Balaban J connectivity index is 1.98. The van der Waals surface area contributed by atoms with Gasteiger partial charge in [0.15, 0.2) is 0 Å². The van der Waals surface area contributed by atoms with Crippen LogP contribution in [0.25, 0.3) is 5.69 Å². The van der Waals surface area contributed by atoms with Crippen LogP contribution < -0.4 is 10.6 Å².